The van der Waals surface area contributed by atoms with Gasteiger partial charge in [0.05, 0.1) is 25.3 Å². The lowest BCUT2D eigenvalue weighted by molar-refractivity contribution is -0.201. The van der Waals surface area contributed by atoms with E-state index in [2.05, 4.69) is 4.98 Å². The first-order valence-electron chi connectivity index (χ1n) is 6.90. The van der Waals surface area contributed by atoms with Gasteiger partial charge in [0.15, 0.2) is 11.8 Å². The van der Waals surface area contributed by atoms with E-state index in [9.17, 15) is 35.2 Å². The molecule has 2 rings (SSSR count). The Balaban J connectivity index is 2.11. The fourth-order valence-corrected chi connectivity index (χ4v) is 3.45. The van der Waals surface area contributed by atoms with Crippen molar-refractivity contribution in [2.75, 3.05) is 25.4 Å². The molecule has 1 unspecified atom stereocenters. The largest absolute Gasteiger partial charge is 0.416 e. The number of carbonyl (C=O) groups excluding carboxylic acids is 1. The zero-order valence-corrected chi connectivity index (χ0v) is 13.6. The predicted octanol–water partition coefficient (Wildman–Crippen LogP) is -0.0436. The number of nitrogens with two attached hydrogens (primary N) is 1. The van der Waals surface area contributed by atoms with E-state index in [0.29, 0.717) is 10.5 Å². The second kappa shape index (κ2) is 6.59. The van der Waals surface area contributed by atoms with Gasteiger partial charge < -0.3 is 16.2 Å². The Morgan fingerprint density at radius 3 is 2.46 bits per heavy atom. The third-order valence-corrected chi connectivity index (χ3v) is 5.15. The number of rotatable bonds is 5. The molecule has 1 aliphatic heterocycles. The van der Waals surface area contributed by atoms with Crippen molar-refractivity contribution in [3.63, 3.8) is 0 Å². The van der Waals surface area contributed by atoms with Gasteiger partial charge in [0.1, 0.15) is 4.90 Å². The van der Waals surface area contributed by atoms with Gasteiger partial charge in [-0.25, -0.2) is 22.2 Å². The maximum atomic E-state index is 12.8. The number of hydrogen-bond acceptors (Lipinski definition) is 6. The molecular formula is C12H13F5N4O4S. The van der Waals surface area contributed by atoms with Gasteiger partial charge >= 0.3 is 6.18 Å². The van der Waals surface area contributed by atoms with Crippen LogP contribution < -0.4 is 11.1 Å². The monoisotopic (exact) mass is 404 g/mol. The summed E-state index contributed by atoms with van der Waals surface area (Å²) in [5.41, 5.74) is 4.42. The molecule has 14 heteroatoms. The summed E-state index contributed by atoms with van der Waals surface area (Å²) in [5, 5.41) is 10.6. The summed E-state index contributed by atoms with van der Waals surface area (Å²) >= 11 is 0. The van der Waals surface area contributed by atoms with E-state index >= 15 is 0 Å². The van der Waals surface area contributed by atoms with E-state index in [1.165, 1.54) is 0 Å². The number of alkyl halides is 5. The fourth-order valence-electron chi connectivity index (χ4n) is 1.97. The second-order valence-electron chi connectivity index (χ2n) is 5.51. The molecule has 0 aromatic carbocycles. The van der Waals surface area contributed by atoms with Gasteiger partial charge in [-0.3, -0.25) is 4.79 Å². The summed E-state index contributed by atoms with van der Waals surface area (Å²) in [6.07, 6.45) is -7.07. The van der Waals surface area contributed by atoms with Crippen molar-refractivity contribution < 1.29 is 40.3 Å². The standard InChI is InChI=1S/C12H13F5N4O4S/c13-11(14)4-21(5-11)26(24,25)6-1-7(18)9(19-2-6)10(23)20-3-8(22)12(15,16)17/h1-2,8,22H,3-5,18H2,(H,20,23). The summed E-state index contributed by atoms with van der Waals surface area (Å²) in [5.74, 6) is -4.31. The lowest BCUT2D eigenvalue weighted by Gasteiger charge is -2.37. The summed E-state index contributed by atoms with van der Waals surface area (Å²) in [6.45, 7) is -3.17. The van der Waals surface area contributed by atoms with Crippen molar-refractivity contribution in [1.29, 1.82) is 0 Å². The molecule has 1 atom stereocenters. The Bertz CT molecular complexity index is 806. The average Bonchev–Trinajstić information content (AvgIpc) is 2.48. The number of aliphatic hydroxyl groups is 1. The van der Waals surface area contributed by atoms with E-state index in [-0.39, 0.29) is 0 Å². The summed E-state index contributed by atoms with van der Waals surface area (Å²) in [4.78, 5) is 14.7. The van der Waals surface area contributed by atoms with Gasteiger partial charge in [0.25, 0.3) is 11.8 Å². The van der Waals surface area contributed by atoms with E-state index in [0.717, 1.165) is 6.07 Å². The van der Waals surface area contributed by atoms with Crippen molar-refractivity contribution in [3.05, 3.63) is 18.0 Å². The molecule has 26 heavy (non-hydrogen) atoms. The number of carbonyl (C=O) groups is 1. The first-order chi connectivity index (χ1) is 11.7. The van der Waals surface area contributed by atoms with Gasteiger partial charge in [-0.2, -0.15) is 17.5 Å². The van der Waals surface area contributed by atoms with Crippen LogP contribution in [0, 0.1) is 0 Å². The average molecular weight is 404 g/mol. The highest BCUT2D eigenvalue weighted by Crippen LogP contribution is 2.32. The molecule has 0 spiro atoms. The Labute approximate surface area is 143 Å². The molecule has 0 aliphatic carbocycles. The number of halogens is 5. The molecule has 8 nitrogen and oxygen atoms in total. The molecule has 0 saturated carbocycles. The van der Waals surface area contributed by atoms with Crippen LogP contribution in [0.2, 0.25) is 0 Å². The maximum Gasteiger partial charge on any atom is 0.416 e. The highest BCUT2D eigenvalue weighted by Gasteiger charge is 2.50. The van der Waals surface area contributed by atoms with Crippen molar-refractivity contribution in [1.82, 2.24) is 14.6 Å². The van der Waals surface area contributed by atoms with E-state index in [4.69, 9.17) is 10.8 Å². The molecule has 1 saturated heterocycles. The van der Waals surface area contributed by atoms with Crippen LogP contribution in [0.4, 0.5) is 27.6 Å². The number of aromatic nitrogens is 1. The molecule has 1 aromatic heterocycles. The molecule has 146 valence electrons. The van der Waals surface area contributed by atoms with E-state index in [1.807, 2.05) is 0 Å². The van der Waals surface area contributed by atoms with Crippen molar-refractivity contribution in [2.45, 2.75) is 23.1 Å². The van der Waals surface area contributed by atoms with Crippen LogP contribution in [0.5, 0.6) is 0 Å². The van der Waals surface area contributed by atoms with Crippen LogP contribution in [-0.2, 0) is 10.0 Å². The van der Waals surface area contributed by atoms with E-state index in [1.54, 1.807) is 5.32 Å². The van der Waals surface area contributed by atoms with E-state index < -0.39 is 70.0 Å². The first-order valence-corrected chi connectivity index (χ1v) is 8.34. The minimum atomic E-state index is -4.94. The Kier molecular flexibility index (Phi) is 5.13. The second-order valence-corrected chi connectivity index (χ2v) is 7.44. The molecule has 1 aromatic rings. The molecule has 2 heterocycles. The lowest BCUT2D eigenvalue weighted by atomic mass is 10.2. The van der Waals surface area contributed by atoms with Gasteiger partial charge in [0, 0.05) is 6.20 Å². The van der Waals surface area contributed by atoms with Crippen LogP contribution in [0.3, 0.4) is 0 Å². The zero-order valence-electron chi connectivity index (χ0n) is 12.8. The van der Waals surface area contributed by atoms with Crippen LogP contribution in [0.1, 0.15) is 10.5 Å². The smallest absolute Gasteiger partial charge is 0.397 e. The Hall–Kier alpha value is -2.06. The molecule has 0 radical (unpaired) electrons. The number of anilines is 1. The molecule has 1 aliphatic rings. The normalized spacial score (nSPS) is 18.8. The van der Waals surface area contributed by atoms with Gasteiger partial charge in [-0.05, 0) is 6.07 Å². The van der Waals surface area contributed by atoms with Crippen molar-refractivity contribution >= 4 is 21.6 Å². The number of sulfonamides is 1. The molecule has 1 fully saturated rings. The minimum Gasteiger partial charge on any atom is -0.397 e. The molecule has 1 amide bonds. The SMILES string of the molecule is Nc1cc(S(=O)(=O)N2CC(F)(F)C2)cnc1C(=O)NCC(O)C(F)(F)F. The third kappa shape index (κ3) is 4.19. The predicted molar refractivity (Wildman–Crippen MR) is 76.8 cm³/mol. The third-order valence-electron chi connectivity index (χ3n) is 3.39. The number of nitrogen functional groups attached to an aromatic ring is 1. The van der Waals surface area contributed by atoms with Gasteiger partial charge in [0.2, 0.25) is 10.0 Å². The number of amides is 1. The van der Waals surface area contributed by atoms with Gasteiger partial charge in [-0.15, -0.1) is 0 Å². The van der Waals surface area contributed by atoms with Crippen LogP contribution in [0.15, 0.2) is 17.2 Å². The highest BCUT2D eigenvalue weighted by molar-refractivity contribution is 7.89. The van der Waals surface area contributed by atoms with Crippen LogP contribution in [0.25, 0.3) is 0 Å². The first kappa shape index (κ1) is 20.3. The summed E-state index contributed by atoms with van der Waals surface area (Å²) in [7, 11) is -4.29. The number of nitrogens with one attached hydrogen (secondary N) is 1. The minimum absolute atomic E-state index is 0.489. The maximum absolute atomic E-state index is 12.8. The number of nitrogens with zero attached hydrogens (tertiary/aromatic N) is 2. The number of aliphatic hydroxyl groups excluding tert-OH is 1. The lowest BCUT2D eigenvalue weighted by Crippen LogP contribution is -2.58. The number of hydrogen-bond donors (Lipinski definition) is 3. The van der Waals surface area contributed by atoms with Crippen molar-refractivity contribution in [2.24, 2.45) is 0 Å². The molecule has 0 bridgehead atoms. The quantitative estimate of drug-likeness (QED) is 0.592. The Morgan fingerprint density at radius 1 is 1.42 bits per heavy atom. The fraction of sp³-hybridized carbons (Fsp3) is 0.500. The Morgan fingerprint density at radius 2 is 2.00 bits per heavy atom. The molecule has 4 N–H and O–H groups in total. The number of pyridine rings is 1. The van der Waals surface area contributed by atoms with Crippen LogP contribution in [-0.4, -0.2) is 66.6 Å². The summed E-state index contributed by atoms with van der Waals surface area (Å²) in [6, 6.07) is 0.786. The topological polar surface area (TPSA) is 126 Å². The highest BCUT2D eigenvalue weighted by atomic mass is 32.2. The zero-order chi connectivity index (χ0) is 19.9. The van der Waals surface area contributed by atoms with Crippen LogP contribution >= 0.6 is 0 Å². The summed E-state index contributed by atoms with van der Waals surface area (Å²) < 4.78 is 86.8. The molecular weight excluding hydrogens is 391 g/mol. The van der Waals surface area contributed by atoms with Gasteiger partial charge in [-0.1, -0.05) is 0 Å². The van der Waals surface area contributed by atoms with Crippen molar-refractivity contribution in [3.8, 4) is 0 Å².